The molecule has 1 heteroatoms. The normalized spacial score (nSPS) is 9.75. The lowest BCUT2D eigenvalue weighted by molar-refractivity contribution is 0.468. The first-order valence-electron chi connectivity index (χ1n) is 4.19. The predicted octanol–water partition coefficient (Wildman–Crippen LogP) is 2.68. The third-order valence-electron chi connectivity index (χ3n) is 1.91. The monoisotopic (exact) mass is 162 g/mol. The van der Waals surface area contributed by atoms with Crippen molar-refractivity contribution in [3.63, 3.8) is 0 Å². The van der Waals surface area contributed by atoms with Crippen molar-refractivity contribution in [3.05, 3.63) is 42.0 Å². The minimum absolute atomic E-state index is 0.400. The van der Waals surface area contributed by atoms with Gasteiger partial charge in [0.15, 0.2) is 0 Å². The third-order valence-corrected chi connectivity index (χ3v) is 1.91. The minimum atomic E-state index is 0.400. The lowest BCUT2D eigenvalue weighted by atomic mass is 10.1. The first-order chi connectivity index (χ1) is 5.77. The van der Waals surface area contributed by atoms with Crippen molar-refractivity contribution >= 4 is 0 Å². The fourth-order valence-corrected chi connectivity index (χ4v) is 1.20. The number of allylic oxidation sites excluding steroid dienone is 1. The van der Waals surface area contributed by atoms with E-state index < -0.39 is 0 Å². The summed E-state index contributed by atoms with van der Waals surface area (Å²) < 4.78 is 0. The first kappa shape index (κ1) is 8.85. The molecule has 1 nitrogen and oxygen atoms in total. The Bertz CT molecular complexity index is 276. The lowest BCUT2D eigenvalue weighted by Gasteiger charge is -2.03. The van der Waals surface area contributed by atoms with E-state index in [1.807, 2.05) is 25.1 Å². The quantitative estimate of drug-likeness (QED) is 0.677. The largest absolute Gasteiger partial charge is 0.508 e. The Balaban J connectivity index is 2.93. The lowest BCUT2D eigenvalue weighted by Crippen LogP contribution is -1.85. The second-order valence-electron chi connectivity index (χ2n) is 2.81. The number of rotatable bonds is 3. The Morgan fingerprint density at radius 3 is 2.75 bits per heavy atom. The maximum absolute atomic E-state index is 9.48. The second kappa shape index (κ2) is 3.96. The second-order valence-corrected chi connectivity index (χ2v) is 2.81. The van der Waals surface area contributed by atoms with E-state index in [0.717, 1.165) is 24.0 Å². The number of phenols is 1. The third kappa shape index (κ3) is 1.88. The molecule has 0 heterocycles. The molecule has 0 saturated carbocycles. The van der Waals surface area contributed by atoms with Crippen LogP contribution < -0.4 is 0 Å². The van der Waals surface area contributed by atoms with E-state index in [0.29, 0.717) is 5.75 Å². The summed E-state index contributed by atoms with van der Waals surface area (Å²) >= 11 is 0. The van der Waals surface area contributed by atoms with E-state index in [-0.39, 0.29) is 0 Å². The summed E-state index contributed by atoms with van der Waals surface area (Å²) in [6.07, 6.45) is 3.53. The number of aryl methyl sites for hydroxylation is 1. The zero-order valence-electron chi connectivity index (χ0n) is 7.38. The van der Waals surface area contributed by atoms with E-state index in [9.17, 15) is 5.11 Å². The molecule has 0 aliphatic rings. The maximum atomic E-state index is 9.48. The molecule has 0 amide bonds. The van der Waals surface area contributed by atoms with Crippen molar-refractivity contribution < 1.29 is 5.11 Å². The first-order valence-corrected chi connectivity index (χ1v) is 4.19. The molecule has 0 fully saturated rings. The minimum Gasteiger partial charge on any atom is -0.508 e. The Kier molecular flexibility index (Phi) is 2.92. The zero-order chi connectivity index (χ0) is 8.97. The highest BCUT2D eigenvalue weighted by Crippen LogP contribution is 2.19. The van der Waals surface area contributed by atoms with Crippen molar-refractivity contribution in [2.75, 3.05) is 0 Å². The van der Waals surface area contributed by atoms with Crippen LogP contribution in [0.25, 0.3) is 0 Å². The fraction of sp³-hybridized carbons (Fsp3) is 0.273. The predicted molar refractivity (Wildman–Crippen MR) is 51.4 cm³/mol. The topological polar surface area (TPSA) is 20.2 Å². The summed E-state index contributed by atoms with van der Waals surface area (Å²) in [5.74, 6) is 0.400. The van der Waals surface area contributed by atoms with Gasteiger partial charge in [-0.15, -0.1) is 6.58 Å². The van der Waals surface area contributed by atoms with Crippen molar-refractivity contribution in [2.45, 2.75) is 19.8 Å². The summed E-state index contributed by atoms with van der Waals surface area (Å²) in [7, 11) is 0. The van der Waals surface area contributed by atoms with E-state index >= 15 is 0 Å². The Hall–Kier alpha value is -1.24. The molecular formula is C11H14O. The summed E-state index contributed by atoms with van der Waals surface area (Å²) in [4.78, 5) is 0. The Morgan fingerprint density at radius 1 is 1.50 bits per heavy atom. The molecule has 1 N–H and O–H groups in total. The van der Waals surface area contributed by atoms with Gasteiger partial charge in [-0.3, -0.25) is 0 Å². The van der Waals surface area contributed by atoms with Gasteiger partial charge in [-0.05, 0) is 30.0 Å². The molecule has 0 spiro atoms. The van der Waals surface area contributed by atoms with Crippen molar-refractivity contribution in [3.8, 4) is 5.75 Å². The standard InChI is InChI=1S/C11H14O/c1-3-5-9-6-7-10(4-2)11(12)8-9/h3,6-8,12H,1,4-5H2,2H3. The number of aromatic hydroxyl groups is 1. The van der Waals surface area contributed by atoms with Gasteiger partial charge >= 0.3 is 0 Å². The Morgan fingerprint density at radius 2 is 2.25 bits per heavy atom. The van der Waals surface area contributed by atoms with Gasteiger partial charge in [0.25, 0.3) is 0 Å². The van der Waals surface area contributed by atoms with Crippen LogP contribution in [0.4, 0.5) is 0 Å². The smallest absolute Gasteiger partial charge is 0.119 e. The van der Waals surface area contributed by atoms with Crippen LogP contribution in [0.1, 0.15) is 18.1 Å². The molecule has 0 aliphatic heterocycles. The average molecular weight is 162 g/mol. The highest BCUT2D eigenvalue weighted by Gasteiger charge is 1.98. The van der Waals surface area contributed by atoms with Gasteiger partial charge in [-0.2, -0.15) is 0 Å². The molecule has 12 heavy (non-hydrogen) atoms. The van der Waals surface area contributed by atoms with E-state index in [1.165, 1.54) is 0 Å². The Labute approximate surface area is 73.4 Å². The molecule has 0 saturated heterocycles. The van der Waals surface area contributed by atoms with Gasteiger partial charge in [0.1, 0.15) is 5.75 Å². The highest BCUT2D eigenvalue weighted by atomic mass is 16.3. The number of phenolic OH excluding ortho intramolecular Hbond substituents is 1. The van der Waals surface area contributed by atoms with Crippen LogP contribution >= 0.6 is 0 Å². The molecule has 0 aromatic heterocycles. The molecule has 1 aromatic carbocycles. The maximum Gasteiger partial charge on any atom is 0.119 e. The van der Waals surface area contributed by atoms with Gasteiger partial charge in [-0.1, -0.05) is 25.1 Å². The van der Waals surface area contributed by atoms with Crippen LogP contribution in [-0.4, -0.2) is 5.11 Å². The summed E-state index contributed by atoms with van der Waals surface area (Å²) in [5, 5.41) is 9.48. The van der Waals surface area contributed by atoms with Gasteiger partial charge in [0.2, 0.25) is 0 Å². The zero-order valence-corrected chi connectivity index (χ0v) is 7.38. The fourth-order valence-electron chi connectivity index (χ4n) is 1.20. The molecule has 1 aromatic rings. The van der Waals surface area contributed by atoms with Crippen LogP contribution in [0.5, 0.6) is 5.75 Å². The molecule has 1 rings (SSSR count). The number of hydrogen-bond acceptors (Lipinski definition) is 1. The van der Waals surface area contributed by atoms with Crippen LogP contribution in [0.15, 0.2) is 30.9 Å². The van der Waals surface area contributed by atoms with Crippen LogP contribution in [0.2, 0.25) is 0 Å². The van der Waals surface area contributed by atoms with E-state index in [1.54, 1.807) is 6.07 Å². The molecule has 0 bridgehead atoms. The van der Waals surface area contributed by atoms with Crippen molar-refractivity contribution in [1.82, 2.24) is 0 Å². The average Bonchev–Trinajstić information content (AvgIpc) is 2.05. The molecule has 64 valence electrons. The van der Waals surface area contributed by atoms with Crippen LogP contribution in [-0.2, 0) is 12.8 Å². The molecule has 0 aliphatic carbocycles. The van der Waals surface area contributed by atoms with Crippen LogP contribution in [0.3, 0.4) is 0 Å². The number of benzene rings is 1. The van der Waals surface area contributed by atoms with Gasteiger partial charge in [0, 0.05) is 0 Å². The summed E-state index contributed by atoms with van der Waals surface area (Å²) in [5.41, 5.74) is 2.11. The van der Waals surface area contributed by atoms with Gasteiger partial charge in [0.05, 0.1) is 0 Å². The molecular weight excluding hydrogens is 148 g/mol. The van der Waals surface area contributed by atoms with Crippen LogP contribution in [0, 0.1) is 0 Å². The van der Waals surface area contributed by atoms with Crippen molar-refractivity contribution in [1.29, 1.82) is 0 Å². The summed E-state index contributed by atoms with van der Waals surface area (Å²) in [6, 6.07) is 5.80. The molecule has 0 radical (unpaired) electrons. The highest BCUT2D eigenvalue weighted by molar-refractivity contribution is 5.36. The SMILES string of the molecule is C=CCc1ccc(CC)c(O)c1. The van der Waals surface area contributed by atoms with Crippen molar-refractivity contribution in [2.24, 2.45) is 0 Å². The van der Waals surface area contributed by atoms with E-state index in [2.05, 4.69) is 6.58 Å². The molecule has 0 unspecified atom stereocenters. The molecule has 0 atom stereocenters. The summed E-state index contributed by atoms with van der Waals surface area (Å²) in [6.45, 7) is 5.68. The van der Waals surface area contributed by atoms with Gasteiger partial charge < -0.3 is 5.11 Å². The van der Waals surface area contributed by atoms with Gasteiger partial charge in [-0.25, -0.2) is 0 Å². The number of hydrogen-bond donors (Lipinski definition) is 1. The van der Waals surface area contributed by atoms with E-state index in [4.69, 9.17) is 0 Å².